The van der Waals surface area contributed by atoms with Gasteiger partial charge in [-0.05, 0) is 31.9 Å². The molecule has 1 fully saturated rings. The molecule has 4 heteroatoms. The van der Waals surface area contributed by atoms with Crippen LogP contribution in [0, 0.1) is 5.92 Å². The van der Waals surface area contributed by atoms with Crippen molar-refractivity contribution in [2.24, 2.45) is 5.92 Å². The molecule has 0 bridgehead atoms. The number of hydrogen-bond acceptors (Lipinski definition) is 4. The van der Waals surface area contributed by atoms with Crippen molar-refractivity contribution in [2.75, 3.05) is 39.9 Å². The number of ether oxygens (including phenoxy) is 1. The number of likely N-dealkylation sites (N-methyl/N-ethyl adjacent to an activating group) is 1. The average molecular weight is 252 g/mol. The predicted octanol–water partition coefficient (Wildman–Crippen LogP) is 1.73. The Morgan fingerprint density at radius 3 is 2.94 bits per heavy atom. The number of rotatable bonds is 7. The fourth-order valence-electron chi connectivity index (χ4n) is 2.36. The first kappa shape index (κ1) is 13.6. The largest absolute Gasteiger partial charge is 0.472 e. The normalized spacial score (nSPS) is 17.4. The van der Waals surface area contributed by atoms with Gasteiger partial charge in [0.25, 0.3) is 0 Å². The van der Waals surface area contributed by atoms with Gasteiger partial charge in [-0.2, -0.15) is 0 Å². The molecule has 2 rings (SSSR count). The van der Waals surface area contributed by atoms with E-state index in [2.05, 4.69) is 17.3 Å². The molecule has 1 aliphatic heterocycles. The number of furan rings is 1. The quantitative estimate of drug-likeness (QED) is 0.750. The van der Waals surface area contributed by atoms with Crippen LogP contribution in [0.25, 0.3) is 0 Å². The molecule has 0 spiro atoms. The van der Waals surface area contributed by atoms with E-state index < -0.39 is 0 Å². The van der Waals surface area contributed by atoms with E-state index in [1.54, 1.807) is 12.5 Å². The summed E-state index contributed by atoms with van der Waals surface area (Å²) >= 11 is 0. The second-order valence-electron chi connectivity index (χ2n) is 5.13. The van der Waals surface area contributed by atoms with Gasteiger partial charge in [-0.25, -0.2) is 0 Å². The highest BCUT2D eigenvalue weighted by Gasteiger charge is 2.15. The van der Waals surface area contributed by atoms with Crippen molar-refractivity contribution >= 4 is 0 Å². The zero-order valence-electron chi connectivity index (χ0n) is 11.2. The fourth-order valence-corrected chi connectivity index (χ4v) is 2.36. The van der Waals surface area contributed by atoms with Gasteiger partial charge in [0.2, 0.25) is 0 Å². The van der Waals surface area contributed by atoms with E-state index in [4.69, 9.17) is 9.15 Å². The van der Waals surface area contributed by atoms with Crippen molar-refractivity contribution in [3.05, 3.63) is 24.2 Å². The number of nitrogens with zero attached hydrogens (tertiary/aromatic N) is 1. The van der Waals surface area contributed by atoms with Crippen LogP contribution < -0.4 is 5.32 Å². The lowest BCUT2D eigenvalue weighted by Gasteiger charge is -2.27. The maximum Gasteiger partial charge on any atom is 0.0947 e. The average Bonchev–Trinajstić information content (AvgIpc) is 2.89. The molecule has 1 saturated heterocycles. The third-order valence-corrected chi connectivity index (χ3v) is 3.49. The molecule has 1 N–H and O–H groups in total. The highest BCUT2D eigenvalue weighted by atomic mass is 16.5. The molecule has 0 unspecified atom stereocenters. The van der Waals surface area contributed by atoms with Gasteiger partial charge in [-0.15, -0.1) is 0 Å². The van der Waals surface area contributed by atoms with Crippen LogP contribution in [0.5, 0.6) is 0 Å². The molecule has 2 heterocycles. The molecule has 0 aliphatic carbocycles. The molecule has 0 radical (unpaired) electrons. The summed E-state index contributed by atoms with van der Waals surface area (Å²) in [6, 6.07) is 2.00. The molecule has 1 aliphatic rings. The minimum absolute atomic E-state index is 0.817. The SMILES string of the molecule is CN(CCNCc1ccoc1)CC1CCOCC1. The van der Waals surface area contributed by atoms with Crippen molar-refractivity contribution in [3.63, 3.8) is 0 Å². The molecule has 0 atom stereocenters. The lowest BCUT2D eigenvalue weighted by molar-refractivity contribution is 0.0558. The minimum atomic E-state index is 0.817. The van der Waals surface area contributed by atoms with Crippen LogP contribution in [0.4, 0.5) is 0 Å². The lowest BCUT2D eigenvalue weighted by atomic mass is 10.00. The van der Waals surface area contributed by atoms with Crippen LogP contribution in [0.3, 0.4) is 0 Å². The van der Waals surface area contributed by atoms with E-state index in [-0.39, 0.29) is 0 Å². The van der Waals surface area contributed by atoms with E-state index in [0.29, 0.717) is 0 Å². The van der Waals surface area contributed by atoms with Gasteiger partial charge >= 0.3 is 0 Å². The van der Waals surface area contributed by atoms with Crippen molar-refractivity contribution in [1.82, 2.24) is 10.2 Å². The molecule has 18 heavy (non-hydrogen) atoms. The van der Waals surface area contributed by atoms with Gasteiger partial charge in [0.05, 0.1) is 12.5 Å². The number of hydrogen-bond donors (Lipinski definition) is 1. The van der Waals surface area contributed by atoms with Gasteiger partial charge in [-0.1, -0.05) is 0 Å². The molecule has 0 aromatic carbocycles. The summed E-state index contributed by atoms with van der Waals surface area (Å²) in [5.74, 6) is 0.817. The second-order valence-corrected chi connectivity index (χ2v) is 5.13. The summed E-state index contributed by atoms with van der Waals surface area (Å²) in [6.07, 6.45) is 5.94. The van der Waals surface area contributed by atoms with E-state index >= 15 is 0 Å². The van der Waals surface area contributed by atoms with Crippen LogP contribution >= 0.6 is 0 Å². The van der Waals surface area contributed by atoms with E-state index in [9.17, 15) is 0 Å². The Balaban J connectivity index is 1.52. The standard InChI is InChI=1S/C14H24N2O2/c1-16(11-13-2-7-17-8-3-13)6-5-15-10-14-4-9-18-12-14/h4,9,12-13,15H,2-3,5-8,10-11H2,1H3. The van der Waals surface area contributed by atoms with Crippen molar-refractivity contribution in [3.8, 4) is 0 Å². The third-order valence-electron chi connectivity index (χ3n) is 3.49. The van der Waals surface area contributed by atoms with Crippen LogP contribution in [0.2, 0.25) is 0 Å². The molecule has 4 nitrogen and oxygen atoms in total. The Labute approximate surface area is 109 Å². The lowest BCUT2D eigenvalue weighted by Crippen LogP contribution is -2.34. The first-order valence-corrected chi connectivity index (χ1v) is 6.82. The Morgan fingerprint density at radius 1 is 1.39 bits per heavy atom. The highest BCUT2D eigenvalue weighted by Crippen LogP contribution is 2.15. The van der Waals surface area contributed by atoms with Crippen LogP contribution in [0.15, 0.2) is 23.0 Å². The van der Waals surface area contributed by atoms with E-state index in [0.717, 1.165) is 38.8 Å². The summed E-state index contributed by atoms with van der Waals surface area (Å²) < 4.78 is 10.4. The summed E-state index contributed by atoms with van der Waals surface area (Å²) in [4.78, 5) is 2.42. The maximum absolute atomic E-state index is 5.38. The molecule has 0 amide bonds. The molecule has 0 saturated carbocycles. The predicted molar refractivity (Wildman–Crippen MR) is 71.5 cm³/mol. The highest BCUT2D eigenvalue weighted by molar-refractivity contribution is 5.04. The Hall–Kier alpha value is -0.840. The zero-order chi connectivity index (χ0) is 12.6. The van der Waals surface area contributed by atoms with Gasteiger partial charge in [0.1, 0.15) is 0 Å². The maximum atomic E-state index is 5.38. The summed E-state index contributed by atoms with van der Waals surface area (Å²) in [5.41, 5.74) is 1.21. The molecule has 102 valence electrons. The summed E-state index contributed by atoms with van der Waals surface area (Å²) in [5, 5.41) is 3.43. The zero-order valence-corrected chi connectivity index (χ0v) is 11.2. The fraction of sp³-hybridized carbons (Fsp3) is 0.714. The van der Waals surface area contributed by atoms with Crippen LogP contribution in [-0.4, -0.2) is 44.8 Å². The van der Waals surface area contributed by atoms with Crippen LogP contribution in [0.1, 0.15) is 18.4 Å². The first-order valence-electron chi connectivity index (χ1n) is 6.82. The third kappa shape index (κ3) is 4.80. The van der Waals surface area contributed by atoms with Crippen molar-refractivity contribution in [1.29, 1.82) is 0 Å². The molecular weight excluding hydrogens is 228 g/mol. The van der Waals surface area contributed by atoms with Gasteiger partial charge < -0.3 is 19.4 Å². The number of nitrogens with one attached hydrogen (secondary N) is 1. The van der Waals surface area contributed by atoms with E-state index in [1.165, 1.54) is 24.9 Å². The second kappa shape index (κ2) is 7.56. The minimum Gasteiger partial charge on any atom is -0.472 e. The molecular formula is C14H24N2O2. The Bertz CT molecular complexity index is 308. The first-order chi connectivity index (χ1) is 8.84. The summed E-state index contributed by atoms with van der Waals surface area (Å²) in [6.45, 7) is 6.08. The van der Waals surface area contributed by atoms with Gasteiger partial charge in [0, 0.05) is 45.0 Å². The Morgan fingerprint density at radius 2 is 2.22 bits per heavy atom. The monoisotopic (exact) mass is 252 g/mol. The van der Waals surface area contributed by atoms with Crippen LogP contribution in [-0.2, 0) is 11.3 Å². The van der Waals surface area contributed by atoms with E-state index in [1.807, 2.05) is 6.07 Å². The molecule has 1 aromatic heterocycles. The molecule has 1 aromatic rings. The summed E-state index contributed by atoms with van der Waals surface area (Å²) in [7, 11) is 2.20. The topological polar surface area (TPSA) is 37.6 Å². The van der Waals surface area contributed by atoms with Crippen molar-refractivity contribution in [2.45, 2.75) is 19.4 Å². The van der Waals surface area contributed by atoms with Gasteiger partial charge in [0.15, 0.2) is 0 Å². The smallest absolute Gasteiger partial charge is 0.0947 e. The van der Waals surface area contributed by atoms with Crippen molar-refractivity contribution < 1.29 is 9.15 Å². The Kier molecular flexibility index (Phi) is 5.71. The van der Waals surface area contributed by atoms with Gasteiger partial charge in [-0.3, -0.25) is 0 Å².